The number of ketones is 1. The summed E-state index contributed by atoms with van der Waals surface area (Å²) in [4.78, 5) is 11.7. The number of hydrogen-bond donors (Lipinski definition) is 0. The van der Waals surface area contributed by atoms with Crippen LogP contribution in [-0.4, -0.2) is 31.2 Å². The number of hydrogen-bond acceptors (Lipinski definition) is 3. The van der Waals surface area contributed by atoms with Crippen molar-refractivity contribution in [1.82, 2.24) is 0 Å². The van der Waals surface area contributed by atoms with Crippen LogP contribution in [0.1, 0.15) is 26.7 Å². The molecule has 2 aliphatic rings. The molecule has 0 aliphatic carbocycles. The largest absolute Gasteiger partial charge is 0.375 e. The van der Waals surface area contributed by atoms with E-state index in [2.05, 4.69) is 13.8 Å². The molecular formula is C11H18O3. The van der Waals surface area contributed by atoms with Gasteiger partial charge < -0.3 is 9.47 Å². The molecule has 2 fully saturated rings. The Bertz CT molecular complexity index is 225. The first-order valence-electron chi connectivity index (χ1n) is 5.46. The van der Waals surface area contributed by atoms with Crippen LogP contribution in [0.4, 0.5) is 0 Å². The molecule has 2 heterocycles. The SMILES string of the molecule is CC(C)[C@H]1C(=O)CO[C@@H]2CCCO[C@H]12. The monoisotopic (exact) mass is 198 g/mol. The number of ether oxygens (including phenoxy) is 2. The van der Waals surface area contributed by atoms with Crippen LogP contribution >= 0.6 is 0 Å². The summed E-state index contributed by atoms with van der Waals surface area (Å²) in [5.74, 6) is 0.620. The lowest BCUT2D eigenvalue weighted by atomic mass is 9.80. The van der Waals surface area contributed by atoms with Crippen LogP contribution in [0.5, 0.6) is 0 Å². The van der Waals surface area contributed by atoms with Gasteiger partial charge in [0.2, 0.25) is 0 Å². The summed E-state index contributed by atoms with van der Waals surface area (Å²) >= 11 is 0. The topological polar surface area (TPSA) is 35.5 Å². The van der Waals surface area contributed by atoms with Crippen molar-refractivity contribution < 1.29 is 14.3 Å². The van der Waals surface area contributed by atoms with E-state index in [-0.39, 0.29) is 30.5 Å². The molecule has 14 heavy (non-hydrogen) atoms. The van der Waals surface area contributed by atoms with Gasteiger partial charge in [0.15, 0.2) is 5.78 Å². The number of Topliss-reactive ketones (excluding diaryl/α,β-unsaturated/α-hetero) is 1. The molecule has 80 valence electrons. The molecule has 0 aromatic carbocycles. The second-order valence-electron chi connectivity index (χ2n) is 4.56. The fraction of sp³-hybridized carbons (Fsp3) is 0.909. The maximum Gasteiger partial charge on any atom is 0.164 e. The molecule has 2 aliphatic heterocycles. The zero-order chi connectivity index (χ0) is 10.1. The highest BCUT2D eigenvalue weighted by Crippen LogP contribution is 2.32. The second kappa shape index (κ2) is 3.99. The molecule has 0 saturated carbocycles. The van der Waals surface area contributed by atoms with Gasteiger partial charge in [-0.05, 0) is 18.8 Å². The van der Waals surface area contributed by atoms with Crippen LogP contribution < -0.4 is 0 Å². The van der Waals surface area contributed by atoms with Gasteiger partial charge >= 0.3 is 0 Å². The van der Waals surface area contributed by atoms with Crippen molar-refractivity contribution in [2.24, 2.45) is 11.8 Å². The predicted octanol–water partition coefficient (Wildman–Crippen LogP) is 1.41. The van der Waals surface area contributed by atoms with Crippen molar-refractivity contribution >= 4 is 5.78 Å². The molecule has 2 saturated heterocycles. The fourth-order valence-corrected chi connectivity index (χ4v) is 2.51. The minimum absolute atomic E-state index is 0.0185. The molecule has 0 aromatic heterocycles. The summed E-state index contributed by atoms with van der Waals surface area (Å²) in [5, 5.41) is 0. The molecule has 0 amide bonds. The normalized spacial score (nSPS) is 38.5. The standard InChI is InChI=1S/C11H18O3/c1-7(2)10-8(12)6-14-9-4-3-5-13-11(9)10/h7,9-11H,3-6H2,1-2H3/t9-,10+,11+/m1/s1. The average molecular weight is 198 g/mol. The van der Waals surface area contributed by atoms with Crippen LogP contribution in [0, 0.1) is 11.8 Å². The van der Waals surface area contributed by atoms with Gasteiger partial charge in [-0.3, -0.25) is 4.79 Å². The van der Waals surface area contributed by atoms with Gasteiger partial charge in [0.25, 0.3) is 0 Å². The van der Waals surface area contributed by atoms with E-state index in [0.717, 1.165) is 19.4 Å². The maximum atomic E-state index is 11.7. The third kappa shape index (κ3) is 1.71. The first-order valence-corrected chi connectivity index (χ1v) is 5.46. The Morgan fingerprint density at radius 3 is 2.86 bits per heavy atom. The minimum Gasteiger partial charge on any atom is -0.375 e. The van der Waals surface area contributed by atoms with Gasteiger partial charge in [-0.15, -0.1) is 0 Å². The maximum absolute atomic E-state index is 11.7. The quantitative estimate of drug-likeness (QED) is 0.639. The van der Waals surface area contributed by atoms with Crippen molar-refractivity contribution in [3.05, 3.63) is 0 Å². The van der Waals surface area contributed by atoms with E-state index in [4.69, 9.17) is 9.47 Å². The van der Waals surface area contributed by atoms with Crippen LogP contribution in [0.15, 0.2) is 0 Å². The van der Waals surface area contributed by atoms with E-state index >= 15 is 0 Å². The predicted molar refractivity (Wildman–Crippen MR) is 52.0 cm³/mol. The van der Waals surface area contributed by atoms with Gasteiger partial charge in [-0.2, -0.15) is 0 Å². The summed E-state index contributed by atoms with van der Waals surface area (Å²) < 4.78 is 11.2. The highest BCUT2D eigenvalue weighted by molar-refractivity contribution is 5.83. The molecule has 0 bridgehead atoms. The van der Waals surface area contributed by atoms with Crippen LogP contribution in [0.25, 0.3) is 0 Å². The van der Waals surface area contributed by atoms with Gasteiger partial charge in [0, 0.05) is 6.61 Å². The van der Waals surface area contributed by atoms with Crippen LogP contribution in [-0.2, 0) is 14.3 Å². The van der Waals surface area contributed by atoms with Crippen molar-refractivity contribution in [2.45, 2.75) is 38.9 Å². The third-order valence-corrected chi connectivity index (χ3v) is 3.19. The Morgan fingerprint density at radius 1 is 1.36 bits per heavy atom. The number of rotatable bonds is 1. The molecule has 3 nitrogen and oxygen atoms in total. The van der Waals surface area contributed by atoms with E-state index in [1.807, 2.05) is 0 Å². The molecule has 3 atom stereocenters. The summed E-state index contributed by atoms with van der Waals surface area (Å²) in [5.41, 5.74) is 0. The van der Waals surface area contributed by atoms with E-state index in [0.29, 0.717) is 5.92 Å². The average Bonchev–Trinajstić information content (AvgIpc) is 2.17. The highest BCUT2D eigenvalue weighted by Gasteiger charge is 2.42. The summed E-state index contributed by atoms with van der Waals surface area (Å²) in [6, 6.07) is 0. The van der Waals surface area contributed by atoms with Gasteiger partial charge in [-0.25, -0.2) is 0 Å². The number of carbonyl (C=O) groups is 1. The Morgan fingerprint density at radius 2 is 2.14 bits per heavy atom. The zero-order valence-corrected chi connectivity index (χ0v) is 8.86. The van der Waals surface area contributed by atoms with E-state index in [1.54, 1.807) is 0 Å². The van der Waals surface area contributed by atoms with E-state index in [1.165, 1.54) is 0 Å². The first kappa shape index (κ1) is 10.1. The fourth-order valence-electron chi connectivity index (χ4n) is 2.51. The molecule has 2 rings (SSSR count). The smallest absolute Gasteiger partial charge is 0.164 e. The van der Waals surface area contributed by atoms with Gasteiger partial charge in [0.1, 0.15) is 6.61 Å². The highest BCUT2D eigenvalue weighted by atomic mass is 16.5. The number of carbonyl (C=O) groups excluding carboxylic acids is 1. The molecule has 0 spiro atoms. The summed E-state index contributed by atoms with van der Waals surface area (Å²) in [7, 11) is 0. The van der Waals surface area contributed by atoms with E-state index in [9.17, 15) is 4.79 Å². The van der Waals surface area contributed by atoms with Gasteiger partial charge in [-0.1, -0.05) is 13.8 Å². The number of fused-ring (bicyclic) bond motifs is 1. The lowest BCUT2D eigenvalue weighted by molar-refractivity contribution is -0.179. The molecular weight excluding hydrogens is 180 g/mol. The lowest BCUT2D eigenvalue weighted by Gasteiger charge is -2.41. The summed E-state index contributed by atoms with van der Waals surface area (Å²) in [6.07, 6.45) is 2.28. The molecule has 3 heteroatoms. The molecule has 0 N–H and O–H groups in total. The Kier molecular flexibility index (Phi) is 2.88. The second-order valence-corrected chi connectivity index (χ2v) is 4.56. The van der Waals surface area contributed by atoms with Crippen LogP contribution in [0.2, 0.25) is 0 Å². The Labute approximate surface area is 84.8 Å². The first-order chi connectivity index (χ1) is 6.70. The Balaban J connectivity index is 2.13. The van der Waals surface area contributed by atoms with Crippen molar-refractivity contribution in [2.75, 3.05) is 13.2 Å². The van der Waals surface area contributed by atoms with Gasteiger partial charge in [0.05, 0.1) is 18.1 Å². The van der Waals surface area contributed by atoms with E-state index < -0.39 is 0 Å². The van der Waals surface area contributed by atoms with Crippen molar-refractivity contribution in [1.29, 1.82) is 0 Å². The van der Waals surface area contributed by atoms with Crippen molar-refractivity contribution in [3.63, 3.8) is 0 Å². The lowest BCUT2D eigenvalue weighted by Crippen LogP contribution is -2.52. The molecule has 0 radical (unpaired) electrons. The summed E-state index contributed by atoms with van der Waals surface area (Å²) in [6.45, 7) is 5.24. The third-order valence-electron chi connectivity index (χ3n) is 3.19. The van der Waals surface area contributed by atoms with Crippen LogP contribution in [0.3, 0.4) is 0 Å². The Hall–Kier alpha value is -0.410. The molecule has 0 aromatic rings. The molecule has 0 unspecified atom stereocenters. The van der Waals surface area contributed by atoms with Crippen molar-refractivity contribution in [3.8, 4) is 0 Å². The minimum atomic E-state index is 0.0185. The zero-order valence-electron chi connectivity index (χ0n) is 8.86.